The predicted molar refractivity (Wildman–Crippen MR) is 116 cm³/mol. The third-order valence-electron chi connectivity index (χ3n) is 5.45. The Labute approximate surface area is 185 Å². The van der Waals surface area contributed by atoms with Crippen LogP contribution in [0.2, 0.25) is 0 Å². The topological polar surface area (TPSA) is 78.5 Å². The zero-order chi connectivity index (χ0) is 22.3. The predicted octanol–water partition coefficient (Wildman–Crippen LogP) is 2.66. The van der Waals surface area contributed by atoms with Gasteiger partial charge in [0.1, 0.15) is 12.4 Å². The molecule has 7 nitrogen and oxygen atoms in total. The summed E-state index contributed by atoms with van der Waals surface area (Å²) in [5.74, 6) is -0.741. The van der Waals surface area contributed by atoms with Crippen LogP contribution in [-0.4, -0.2) is 64.1 Å². The molecule has 2 aromatic carbocycles. The number of aromatic nitrogens is 2. The Kier molecular flexibility index (Phi) is 6.91. The Morgan fingerprint density at radius 2 is 1.94 bits per heavy atom. The lowest BCUT2D eigenvalue weighted by atomic mass is 10.1. The molecule has 1 saturated heterocycles. The molecule has 0 aliphatic carbocycles. The first-order valence-electron chi connectivity index (χ1n) is 10.5. The summed E-state index contributed by atoms with van der Waals surface area (Å²) >= 11 is 0. The molecule has 32 heavy (non-hydrogen) atoms. The van der Waals surface area contributed by atoms with E-state index >= 15 is 0 Å². The zero-order valence-electron chi connectivity index (χ0n) is 17.6. The molecule has 2 heterocycles. The van der Waals surface area contributed by atoms with E-state index in [0.717, 1.165) is 5.56 Å². The van der Waals surface area contributed by atoms with Crippen molar-refractivity contribution in [1.82, 2.24) is 20.0 Å². The number of halogens is 1. The van der Waals surface area contributed by atoms with Crippen molar-refractivity contribution in [3.63, 3.8) is 0 Å². The molecule has 3 aromatic rings. The van der Waals surface area contributed by atoms with Crippen LogP contribution in [0, 0.1) is 5.82 Å². The molecular weight excluding hydrogens is 411 g/mol. The molecule has 0 bridgehead atoms. The lowest BCUT2D eigenvalue weighted by Gasteiger charge is -2.25. The zero-order valence-corrected chi connectivity index (χ0v) is 17.6. The first-order chi connectivity index (χ1) is 15.6. The van der Waals surface area contributed by atoms with Gasteiger partial charge in [-0.05, 0) is 29.7 Å². The quantitative estimate of drug-likeness (QED) is 0.618. The number of hydrogen-bond donors (Lipinski definition) is 1. The Morgan fingerprint density at radius 3 is 2.69 bits per heavy atom. The number of benzene rings is 2. The minimum atomic E-state index is -0.406. The second-order valence-corrected chi connectivity index (χ2v) is 7.81. The number of nitrogens with one attached hydrogen (secondary N) is 1. The van der Waals surface area contributed by atoms with Crippen molar-refractivity contribution >= 4 is 11.8 Å². The van der Waals surface area contributed by atoms with Gasteiger partial charge in [-0.2, -0.15) is 5.10 Å². The maximum atomic E-state index is 13.5. The molecule has 1 N–H and O–H groups in total. The van der Waals surface area contributed by atoms with Gasteiger partial charge in [0, 0.05) is 25.8 Å². The van der Waals surface area contributed by atoms with E-state index in [9.17, 15) is 14.0 Å². The van der Waals surface area contributed by atoms with E-state index in [1.807, 2.05) is 30.3 Å². The highest BCUT2D eigenvalue weighted by Gasteiger charge is 2.31. The smallest absolute Gasteiger partial charge is 0.257 e. The van der Waals surface area contributed by atoms with Crippen molar-refractivity contribution in [1.29, 1.82) is 0 Å². The average molecular weight is 436 g/mol. The van der Waals surface area contributed by atoms with Crippen LogP contribution in [-0.2, 0) is 22.6 Å². The molecule has 8 heteroatoms. The summed E-state index contributed by atoms with van der Waals surface area (Å²) in [5, 5.41) is 6.45. The Hall–Kier alpha value is -3.52. The number of carbonyl (C=O) groups is 2. The van der Waals surface area contributed by atoms with Gasteiger partial charge in [0.05, 0.1) is 24.5 Å². The molecule has 2 amide bonds. The van der Waals surface area contributed by atoms with Gasteiger partial charge in [0.25, 0.3) is 5.91 Å². The van der Waals surface area contributed by atoms with Crippen LogP contribution >= 0.6 is 0 Å². The van der Waals surface area contributed by atoms with E-state index in [1.54, 1.807) is 17.0 Å². The molecule has 1 aliphatic heterocycles. The van der Waals surface area contributed by atoms with Gasteiger partial charge in [-0.1, -0.05) is 42.5 Å². The summed E-state index contributed by atoms with van der Waals surface area (Å²) in [4.78, 5) is 29.1. The highest BCUT2D eigenvalue weighted by Crippen LogP contribution is 2.15. The van der Waals surface area contributed by atoms with Crippen LogP contribution in [0.4, 0.5) is 4.39 Å². The summed E-state index contributed by atoms with van der Waals surface area (Å²) < 4.78 is 19.6. The lowest BCUT2D eigenvalue weighted by molar-refractivity contribution is -0.131. The summed E-state index contributed by atoms with van der Waals surface area (Å²) in [5.41, 5.74) is 2.22. The number of H-pyrrole nitrogens is 1. The minimum Gasteiger partial charge on any atom is -0.370 e. The number of rotatable bonds is 7. The first kappa shape index (κ1) is 21.7. The Morgan fingerprint density at radius 1 is 1.12 bits per heavy atom. The minimum absolute atomic E-state index is 0.0291. The lowest BCUT2D eigenvalue weighted by Crippen LogP contribution is -2.40. The number of hydrogen-bond acceptors (Lipinski definition) is 4. The van der Waals surface area contributed by atoms with Gasteiger partial charge in [-0.15, -0.1) is 0 Å². The standard InChI is InChI=1S/C24H25FN4O3/c25-21-8-4-7-19(11-21)17-32-22-14-28(10-9-18-5-2-1-3-6-18)23(30)16-29(15-22)24(31)20-12-26-27-13-20/h1-8,11-13,22H,9-10,14-17H2,(H,26,27). The average Bonchev–Trinajstić information content (AvgIpc) is 3.29. The summed E-state index contributed by atoms with van der Waals surface area (Å²) in [6.07, 6.45) is 3.25. The van der Waals surface area contributed by atoms with Gasteiger partial charge >= 0.3 is 0 Å². The van der Waals surface area contributed by atoms with Crippen molar-refractivity contribution in [3.8, 4) is 0 Å². The molecular formula is C24H25FN4O3. The molecule has 166 valence electrons. The molecule has 4 rings (SSSR count). The fraction of sp³-hybridized carbons (Fsp3) is 0.292. The highest BCUT2D eigenvalue weighted by molar-refractivity contribution is 5.96. The van der Waals surface area contributed by atoms with Gasteiger partial charge in [0.15, 0.2) is 0 Å². The number of amides is 2. The molecule has 1 unspecified atom stereocenters. The molecule has 1 fully saturated rings. The van der Waals surface area contributed by atoms with Crippen LogP contribution < -0.4 is 0 Å². The molecule has 0 spiro atoms. The van der Waals surface area contributed by atoms with Crippen LogP contribution in [0.3, 0.4) is 0 Å². The van der Waals surface area contributed by atoms with Crippen molar-refractivity contribution in [2.45, 2.75) is 19.1 Å². The SMILES string of the molecule is O=C1CN(C(=O)c2cn[nH]c2)CC(OCc2cccc(F)c2)CN1CCc1ccccc1. The third kappa shape index (κ3) is 5.59. The van der Waals surface area contributed by atoms with Crippen LogP contribution in [0.25, 0.3) is 0 Å². The molecule has 0 radical (unpaired) electrons. The maximum Gasteiger partial charge on any atom is 0.257 e. The van der Waals surface area contributed by atoms with Crippen molar-refractivity contribution < 1.29 is 18.7 Å². The highest BCUT2D eigenvalue weighted by atomic mass is 19.1. The molecule has 1 aromatic heterocycles. The fourth-order valence-corrected chi connectivity index (χ4v) is 3.76. The molecule has 1 atom stereocenters. The summed E-state index contributed by atoms with van der Waals surface area (Å²) in [6, 6.07) is 16.2. The van der Waals surface area contributed by atoms with Gasteiger partial charge in [0.2, 0.25) is 5.91 Å². The third-order valence-corrected chi connectivity index (χ3v) is 5.45. The van der Waals surface area contributed by atoms with Crippen molar-refractivity contribution in [3.05, 3.63) is 89.5 Å². The number of nitrogens with zero attached hydrogens (tertiary/aromatic N) is 3. The Balaban J connectivity index is 1.48. The van der Waals surface area contributed by atoms with Gasteiger partial charge < -0.3 is 14.5 Å². The maximum absolute atomic E-state index is 13.5. The molecule has 0 saturated carbocycles. The second kappa shape index (κ2) is 10.2. The number of carbonyl (C=O) groups excluding carboxylic acids is 2. The van der Waals surface area contributed by atoms with E-state index in [4.69, 9.17) is 4.74 Å². The normalized spacial score (nSPS) is 16.8. The summed E-state index contributed by atoms with van der Waals surface area (Å²) in [7, 11) is 0. The van der Waals surface area contributed by atoms with Crippen molar-refractivity contribution in [2.75, 3.05) is 26.2 Å². The monoisotopic (exact) mass is 436 g/mol. The van der Waals surface area contributed by atoms with E-state index in [1.165, 1.54) is 29.4 Å². The number of aromatic amines is 1. The van der Waals surface area contributed by atoms with E-state index in [2.05, 4.69) is 10.2 Å². The second-order valence-electron chi connectivity index (χ2n) is 7.81. The van der Waals surface area contributed by atoms with Crippen LogP contribution in [0.1, 0.15) is 21.5 Å². The van der Waals surface area contributed by atoms with Crippen molar-refractivity contribution in [2.24, 2.45) is 0 Å². The first-order valence-corrected chi connectivity index (χ1v) is 10.5. The molecule has 1 aliphatic rings. The number of ether oxygens (including phenoxy) is 1. The van der Waals surface area contributed by atoms with Gasteiger partial charge in [-0.25, -0.2) is 4.39 Å². The largest absolute Gasteiger partial charge is 0.370 e. The van der Waals surface area contributed by atoms with E-state index < -0.39 is 6.10 Å². The van der Waals surface area contributed by atoms with E-state index in [-0.39, 0.29) is 37.3 Å². The van der Waals surface area contributed by atoms with Crippen LogP contribution in [0.15, 0.2) is 67.0 Å². The summed E-state index contributed by atoms with van der Waals surface area (Å²) in [6.45, 7) is 1.30. The van der Waals surface area contributed by atoms with Crippen LogP contribution in [0.5, 0.6) is 0 Å². The Bertz CT molecular complexity index is 1040. The van der Waals surface area contributed by atoms with E-state index in [0.29, 0.717) is 30.6 Å². The van der Waals surface area contributed by atoms with Gasteiger partial charge in [-0.3, -0.25) is 14.7 Å². The fourth-order valence-electron chi connectivity index (χ4n) is 3.76.